The van der Waals surface area contributed by atoms with Crippen LogP contribution in [0.1, 0.15) is 30.5 Å². The van der Waals surface area contributed by atoms with Crippen LogP contribution in [-0.2, 0) is 16.1 Å². The van der Waals surface area contributed by atoms with Gasteiger partial charge in [-0.2, -0.15) is 0 Å². The number of aryl methyl sites for hydroxylation is 1. The maximum absolute atomic E-state index is 5.59. The number of rotatable bonds is 3. The van der Waals surface area contributed by atoms with Crippen LogP contribution < -0.4 is 0 Å². The lowest BCUT2D eigenvalue weighted by Crippen LogP contribution is -2.22. The minimum atomic E-state index is -0.0435. The van der Waals surface area contributed by atoms with Crippen LogP contribution in [0.4, 0.5) is 0 Å². The molecule has 1 aliphatic rings. The molecule has 1 fully saturated rings. The van der Waals surface area contributed by atoms with E-state index in [-0.39, 0.29) is 6.29 Å². The molecule has 2 rings (SSSR count). The van der Waals surface area contributed by atoms with Crippen molar-refractivity contribution >= 4 is 0 Å². The number of ether oxygens (including phenoxy) is 2. The molecule has 1 unspecified atom stereocenters. The van der Waals surface area contributed by atoms with Crippen molar-refractivity contribution in [3.63, 3.8) is 0 Å². The van der Waals surface area contributed by atoms with Crippen LogP contribution in [0.15, 0.2) is 10.8 Å². The molecule has 1 saturated heterocycles. The zero-order chi connectivity index (χ0) is 9.80. The van der Waals surface area contributed by atoms with Gasteiger partial charge in [-0.1, -0.05) is 5.16 Å². The quantitative estimate of drug-likeness (QED) is 0.743. The van der Waals surface area contributed by atoms with Crippen molar-refractivity contribution < 1.29 is 14.0 Å². The molecule has 0 saturated carbocycles. The standard InChI is InChI=1S/C10H15NO3/c1-8-9(7-14-11-8)6-13-10-4-2-3-5-12-10/h7,10H,2-6H2,1H3. The summed E-state index contributed by atoms with van der Waals surface area (Å²) >= 11 is 0. The average molecular weight is 197 g/mol. The Balaban J connectivity index is 1.79. The lowest BCUT2D eigenvalue weighted by Gasteiger charge is -2.22. The molecule has 0 aromatic carbocycles. The van der Waals surface area contributed by atoms with Crippen LogP contribution in [0.2, 0.25) is 0 Å². The molecule has 1 aromatic heterocycles. The van der Waals surface area contributed by atoms with Crippen molar-refractivity contribution in [2.45, 2.75) is 39.1 Å². The Morgan fingerprint density at radius 2 is 2.50 bits per heavy atom. The Hall–Kier alpha value is -0.870. The van der Waals surface area contributed by atoms with Crippen molar-refractivity contribution in [1.29, 1.82) is 0 Å². The first-order valence-corrected chi connectivity index (χ1v) is 4.99. The van der Waals surface area contributed by atoms with Gasteiger partial charge in [0.05, 0.1) is 12.3 Å². The van der Waals surface area contributed by atoms with Crippen LogP contribution in [0, 0.1) is 6.92 Å². The Bertz CT molecular complexity index is 279. The molecule has 0 N–H and O–H groups in total. The summed E-state index contributed by atoms with van der Waals surface area (Å²) < 4.78 is 15.8. The van der Waals surface area contributed by atoms with Gasteiger partial charge >= 0.3 is 0 Å². The van der Waals surface area contributed by atoms with E-state index in [9.17, 15) is 0 Å². The summed E-state index contributed by atoms with van der Waals surface area (Å²) in [6.45, 7) is 3.25. The molecule has 1 aliphatic heterocycles. The Morgan fingerprint density at radius 1 is 1.57 bits per heavy atom. The summed E-state index contributed by atoms with van der Waals surface area (Å²) in [5.74, 6) is 0. The van der Waals surface area contributed by atoms with Crippen molar-refractivity contribution in [1.82, 2.24) is 5.16 Å². The summed E-state index contributed by atoms with van der Waals surface area (Å²) in [6, 6.07) is 0. The molecular formula is C10H15NO3. The van der Waals surface area contributed by atoms with E-state index in [0.717, 1.165) is 30.7 Å². The number of nitrogens with zero attached hydrogens (tertiary/aromatic N) is 1. The van der Waals surface area contributed by atoms with Gasteiger partial charge < -0.3 is 14.0 Å². The van der Waals surface area contributed by atoms with E-state index in [2.05, 4.69) is 5.16 Å². The number of aromatic nitrogens is 1. The van der Waals surface area contributed by atoms with Crippen LogP contribution in [-0.4, -0.2) is 18.1 Å². The van der Waals surface area contributed by atoms with Gasteiger partial charge in [0.25, 0.3) is 0 Å². The van der Waals surface area contributed by atoms with Gasteiger partial charge in [0.15, 0.2) is 6.29 Å². The van der Waals surface area contributed by atoms with Crippen LogP contribution in [0.5, 0.6) is 0 Å². The molecule has 4 nitrogen and oxygen atoms in total. The maximum atomic E-state index is 5.59. The number of hydrogen-bond acceptors (Lipinski definition) is 4. The van der Waals surface area contributed by atoms with Crippen LogP contribution in [0.25, 0.3) is 0 Å². The number of hydrogen-bond donors (Lipinski definition) is 0. The smallest absolute Gasteiger partial charge is 0.158 e. The van der Waals surface area contributed by atoms with Gasteiger partial charge in [-0.15, -0.1) is 0 Å². The van der Waals surface area contributed by atoms with Gasteiger partial charge in [0.2, 0.25) is 0 Å². The summed E-state index contributed by atoms with van der Waals surface area (Å²) in [5, 5.41) is 3.78. The normalized spacial score (nSPS) is 22.5. The fourth-order valence-electron chi connectivity index (χ4n) is 1.48. The lowest BCUT2D eigenvalue weighted by atomic mass is 10.2. The van der Waals surface area contributed by atoms with E-state index in [1.807, 2.05) is 6.92 Å². The van der Waals surface area contributed by atoms with Crippen molar-refractivity contribution in [3.8, 4) is 0 Å². The van der Waals surface area contributed by atoms with Gasteiger partial charge in [-0.05, 0) is 26.2 Å². The van der Waals surface area contributed by atoms with Gasteiger partial charge in [-0.25, -0.2) is 0 Å². The molecular weight excluding hydrogens is 182 g/mol. The molecule has 2 heterocycles. The molecule has 0 amide bonds. The second kappa shape index (κ2) is 4.57. The minimum Gasteiger partial charge on any atom is -0.364 e. The molecule has 78 valence electrons. The Labute approximate surface area is 83.2 Å². The fraction of sp³-hybridized carbons (Fsp3) is 0.700. The van der Waals surface area contributed by atoms with E-state index in [1.165, 1.54) is 6.42 Å². The SMILES string of the molecule is Cc1nocc1COC1CCCCO1. The van der Waals surface area contributed by atoms with Crippen molar-refractivity contribution in [2.24, 2.45) is 0 Å². The molecule has 0 bridgehead atoms. The first-order valence-electron chi connectivity index (χ1n) is 4.99. The first kappa shape index (κ1) is 9.68. The molecule has 0 radical (unpaired) electrons. The highest BCUT2D eigenvalue weighted by Gasteiger charge is 2.14. The summed E-state index contributed by atoms with van der Waals surface area (Å²) in [6.07, 6.45) is 4.90. The van der Waals surface area contributed by atoms with Gasteiger partial charge in [0, 0.05) is 12.2 Å². The topological polar surface area (TPSA) is 44.5 Å². The second-order valence-corrected chi connectivity index (χ2v) is 3.53. The minimum absolute atomic E-state index is 0.0435. The zero-order valence-electron chi connectivity index (χ0n) is 8.36. The predicted molar refractivity (Wildman–Crippen MR) is 49.6 cm³/mol. The lowest BCUT2D eigenvalue weighted by molar-refractivity contribution is -0.169. The average Bonchev–Trinajstić information content (AvgIpc) is 2.63. The van der Waals surface area contributed by atoms with E-state index in [4.69, 9.17) is 14.0 Å². The van der Waals surface area contributed by atoms with E-state index >= 15 is 0 Å². The molecule has 1 aromatic rings. The van der Waals surface area contributed by atoms with E-state index in [0.29, 0.717) is 6.61 Å². The summed E-state index contributed by atoms with van der Waals surface area (Å²) in [7, 11) is 0. The van der Waals surface area contributed by atoms with Gasteiger partial charge in [0.1, 0.15) is 6.26 Å². The largest absolute Gasteiger partial charge is 0.364 e. The van der Waals surface area contributed by atoms with Crippen LogP contribution >= 0.6 is 0 Å². The van der Waals surface area contributed by atoms with E-state index in [1.54, 1.807) is 6.26 Å². The summed E-state index contributed by atoms with van der Waals surface area (Å²) in [5.41, 5.74) is 1.89. The molecule has 14 heavy (non-hydrogen) atoms. The van der Waals surface area contributed by atoms with E-state index < -0.39 is 0 Å². The highest BCUT2D eigenvalue weighted by atomic mass is 16.7. The molecule has 1 atom stereocenters. The zero-order valence-corrected chi connectivity index (χ0v) is 8.36. The third-order valence-corrected chi connectivity index (χ3v) is 2.41. The Kier molecular flexibility index (Phi) is 3.16. The molecule has 0 aliphatic carbocycles. The summed E-state index contributed by atoms with van der Waals surface area (Å²) in [4.78, 5) is 0. The Morgan fingerprint density at radius 3 is 3.14 bits per heavy atom. The maximum Gasteiger partial charge on any atom is 0.158 e. The second-order valence-electron chi connectivity index (χ2n) is 3.53. The molecule has 4 heteroatoms. The first-order chi connectivity index (χ1) is 6.86. The third kappa shape index (κ3) is 2.33. The third-order valence-electron chi connectivity index (χ3n) is 2.41. The van der Waals surface area contributed by atoms with Crippen molar-refractivity contribution in [2.75, 3.05) is 6.61 Å². The fourth-order valence-corrected chi connectivity index (χ4v) is 1.48. The molecule has 0 spiro atoms. The van der Waals surface area contributed by atoms with Crippen molar-refractivity contribution in [3.05, 3.63) is 17.5 Å². The highest BCUT2D eigenvalue weighted by molar-refractivity contribution is 5.10. The highest BCUT2D eigenvalue weighted by Crippen LogP contribution is 2.16. The monoisotopic (exact) mass is 197 g/mol. The van der Waals surface area contributed by atoms with Crippen LogP contribution in [0.3, 0.4) is 0 Å². The van der Waals surface area contributed by atoms with Gasteiger partial charge in [-0.3, -0.25) is 0 Å². The predicted octanol–water partition coefficient (Wildman–Crippen LogP) is 2.03.